The Bertz CT molecular complexity index is 1470. The summed E-state index contributed by atoms with van der Waals surface area (Å²) in [6.07, 6.45) is -4.51. The zero-order valence-electron chi connectivity index (χ0n) is 18.4. The normalized spacial score (nSPS) is 26.4. The number of anilines is 1. The van der Waals surface area contributed by atoms with Crippen LogP contribution in [0.2, 0.25) is 5.28 Å². The number of rotatable bonds is 7. The molecule has 0 saturated carbocycles. The lowest BCUT2D eigenvalue weighted by Crippen LogP contribution is -2.36. The molecule has 0 radical (unpaired) electrons. The molecule has 1 unspecified atom stereocenters. The number of halogens is 1. The van der Waals surface area contributed by atoms with Crippen molar-refractivity contribution in [2.45, 2.75) is 43.4 Å². The Balaban J connectivity index is 1.42. The summed E-state index contributed by atoms with van der Waals surface area (Å²) in [7, 11) is -9.20. The minimum atomic E-state index is -4.87. The van der Waals surface area contributed by atoms with Gasteiger partial charge in [0, 0.05) is 0 Å². The van der Waals surface area contributed by atoms with Gasteiger partial charge in [-0.1, -0.05) is 29.5 Å². The van der Waals surface area contributed by atoms with Gasteiger partial charge in [0.05, 0.1) is 11.8 Å². The first-order chi connectivity index (χ1) is 16.9. The van der Waals surface area contributed by atoms with Gasteiger partial charge in [0.15, 0.2) is 38.5 Å². The standard InChI is InChI=1S/C19H22ClN6O8PS/c20-19-22-16(21-11-6-5-9-3-1-2-4-10(9)11)13-17(23-19)26(25-24-13)18-15(28)14(27)12(34-18)7-36(32,33)8-35(29,30)31/h1-4,11-12,14-15,18,27-28H,5-8H2,(H,21,22,23)(H2,29,30,31)/t11?,12-,14-,15-,18-/m1/s1. The first-order valence-corrected chi connectivity index (χ1v) is 14.8. The van der Waals surface area contributed by atoms with E-state index in [1.54, 1.807) is 0 Å². The van der Waals surface area contributed by atoms with E-state index in [9.17, 15) is 23.2 Å². The van der Waals surface area contributed by atoms with E-state index in [1.807, 2.05) is 18.2 Å². The summed E-state index contributed by atoms with van der Waals surface area (Å²) >= 11 is 6.15. The number of ether oxygens (including phenoxy) is 1. The van der Waals surface area contributed by atoms with Crippen LogP contribution in [0.3, 0.4) is 0 Å². The van der Waals surface area contributed by atoms with E-state index in [0.717, 1.165) is 23.1 Å². The monoisotopic (exact) mass is 560 g/mol. The van der Waals surface area contributed by atoms with Crippen LogP contribution in [0.5, 0.6) is 0 Å². The first kappa shape index (κ1) is 25.4. The minimum Gasteiger partial charge on any atom is -0.387 e. The van der Waals surface area contributed by atoms with Gasteiger partial charge >= 0.3 is 7.60 Å². The van der Waals surface area contributed by atoms with E-state index in [0.29, 0.717) is 5.82 Å². The Labute approximate surface area is 209 Å². The van der Waals surface area contributed by atoms with E-state index in [4.69, 9.17) is 26.1 Å². The number of aliphatic hydroxyl groups is 2. The van der Waals surface area contributed by atoms with Crippen molar-refractivity contribution in [3.05, 3.63) is 40.7 Å². The average molecular weight is 561 g/mol. The summed E-state index contributed by atoms with van der Waals surface area (Å²) in [5, 5.41) is 32.2. The number of sulfone groups is 1. The van der Waals surface area contributed by atoms with Crippen molar-refractivity contribution in [3.8, 4) is 0 Å². The highest BCUT2D eigenvalue weighted by molar-refractivity contribution is 7.97. The molecule has 2 aromatic heterocycles. The number of hydrogen-bond donors (Lipinski definition) is 5. The molecular formula is C19H22ClN6O8PS. The van der Waals surface area contributed by atoms with Crippen molar-refractivity contribution in [3.63, 3.8) is 0 Å². The van der Waals surface area contributed by atoms with Gasteiger partial charge < -0.3 is 30.1 Å². The lowest BCUT2D eigenvalue weighted by Gasteiger charge is -2.16. The fraction of sp³-hybridized carbons (Fsp3) is 0.474. The molecule has 3 heterocycles. The maximum Gasteiger partial charge on any atom is 0.340 e. The Hall–Kier alpha value is -2.23. The fourth-order valence-electron chi connectivity index (χ4n) is 4.58. The third-order valence-corrected chi connectivity index (χ3v) is 10.0. The van der Waals surface area contributed by atoms with E-state index in [2.05, 4.69) is 31.7 Å². The summed E-state index contributed by atoms with van der Waals surface area (Å²) in [4.78, 5) is 26.4. The summed E-state index contributed by atoms with van der Waals surface area (Å²) < 4.78 is 42.0. The van der Waals surface area contributed by atoms with Gasteiger partial charge in [0.2, 0.25) is 5.28 Å². The summed E-state index contributed by atoms with van der Waals surface area (Å²) in [5.74, 6) is -0.630. The number of aliphatic hydroxyl groups excluding tert-OH is 2. The Kier molecular flexibility index (Phi) is 6.54. The predicted octanol–water partition coefficient (Wildman–Crippen LogP) is 0.143. The molecule has 194 valence electrons. The molecule has 5 atom stereocenters. The van der Waals surface area contributed by atoms with Crippen molar-refractivity contribution in [1.82, 2.24) is 25.0 Å². The molecule has 0 amide bonds. The van der Waals surface area contributed by atoms with Crippen molar-refractivity contribution in [2.75, 3.05) is 16.6 Å². The van der Waals surface area contributed by atoms with Crippen LogP contribution in [0.4, 0.5) is 5.82 Å². The van der Waals surface area contributed by atoms with E-state index in [1.165, 1.54) is 5.56 Å². The molecule has 5 N–H and O–H groups in total. The number of nitrogens with one attached hydrogen (secondary N) is 1. The quantitative estimate of drug-likeness (QED) is 0.192. The van der Waals surface area contributed by atoms with Crippen LogP contribution < -0.4 is 5.32 Å². The van der Waals surface area contributed by atoms with Crippen LogP contribution in [0.1, 0.15) is 29.8 Å². The van der Waals surface area contributed by atoms with Gasteiger partial charge in [-0.15, -0.1) is 5.10 Å². The van der Waals surface area contributed by atoms with Crippen LogP contribution >= 0.6 is 19.2 Å². The molecule has 2 aliphatic rings. The molecule has 1 aromatic carbocycles. The SMILES string of the molecule is O=P(O)(O)CS(=O)(=O)C[C@H]1O[C@@H](n2nnc3c(NC4CCc5ccccc54)nc(Cl)nc32)[C@H](O)[C@@H]1O. The topological polar surface area (TPSA) is 210 Å². The summed E-state index contributed by atoms with van der Waals surface area (Å²) in [6.45, 7) is 0. The maximum atomic E-state index is 12.2. The number of fused-ring (bicyclic) bond motifs is 2. The zero-order valence-corrected chi connectivity index (χ0v) is 20.9. The van der Waals surface area contributed by atoms with Gasteiger partial charge in [-0.3, -0.25) is 4.57 Å². The second-order valence-electron chi connectivity index (χ2n) is 8.73. The third-order valence-electron chi connectivity index (χ3n) is 6.10. The first-order valence-electron chi connectivity index (χ1n) is 10.8. The lowest BCUT2D eigenvalue weighted by atomic mass is 10.1. The number of hydrogen-bond acceptors (Lipinski definition) is 11. The summed E-state index contributed by atoms with van der Waals surface area (Å²) in [5.41, 5.74) is 1.20. The average Bonchev–Trinajstić information content (AvgIpc) is 3.45. The highest BCUT2D eigenvalue weighted by atomic mass is 35.5. The largest absolute Gasteiger partial charge is 0.387 e. The molecule has 17 heteroatoms. The molecule has 5 rings (SSSR count). The number of aromatic nitrogens is 5. The van der Waals surface area contributed by atoms with E-state index in [-0.39, 0.29) is 22.5 Å². The molecule has 1 aliphatic carbocycles. The van der Waals surface area contributed by atoms with Crippen molar-refractivity contribution < 1.29 is 37.7 Å². The van der Waals surface area contributed by atoms with Crippen molar-refractivity contribution in [2.24, 2.45) is 0 Å². The van der Waals surface area contributed by atoms with Crippen LogP contribution in [0, 0.1) is 0 Å². The van der Waals surface area contributed by atoms with Crippen molar-refractivity contribution in [1.29, 1.82) is 0 Å². The van der Waals surface area contributed by atoms with Gasteiger partial charge in [-0.2, -0.15) is 14.6 Å². The van der Waals surface area contributed by atoms with E-state index < -0.39 is 53.2 Å². The third kappa shape index (κ3) is 4.97. The van der Waals surface area contributed by atoms with Crippen LogP contribution in [0.25, 0.3) is 11.2 Å². The van der Waals surface area contributed by atoms with E-state index >= 15 is 0 Å². The van der Waals surface area contributed by atoms with Gasteiger partial charge in [-0.05, 0) is 35.6 Å². The highest BCUT2D eigenvalue weighted by Gasteiger charge is 2.47. The molecule has 1 saturated heterocycles. The number of nitrogens with zero attached hydrogens (tertiary/aromatic N) is 5. The molecule has 0 bridgehead atoms. The zero-order chi connectivity index (χ0) is 25.8. The minimum absolute atomic E-state index is 0.0562. The molecular weight excluding hydrogens is 539 g/mol. The Morgan fingerprint density at radius 1 is 1.19 bits per heavy atom. The molecule has 3 aromatic rings. The van der Waals surface area contributed by atoms with Gasteiger partial charge in [0.25, 0.3) is 0 Å². The molecule has 0 spiro atoms. The Morgan fingerprint density at radius 2 is 1.94 bits per heavy atom. The van der Waals surface area contributed by atoms with Gasteiger partial charge in [0.1, 0.15) is 18.3 Å². The lowest BCUT2D eigenvalue weighted by molar-refractivity contribution is -0.0375. The highest BCUT2D eigenvalue weighted by Crippen LogP contribution is 2.39. The molecule has 1 fully saturated rings. The number of benzene rings is 1. The maximum absolute atomic E-state index is 12.2. The van der Waals surface area contributed by atoms with Gasteiger partial charge in [-0.25, -0.2) is 8.42 Å². The second kappa shape index (κ2) is 9.26. The predicted molar refractivity (Wildman–Crippen MR) is 126 cm³/mol. The number of aryl methyl sites for hydroxylation is 1. The van der Waals surface area contributed by atoms with Crippen LogP contribution in [-0.2, 0) is 25.6 Å². The van der Waals surface area contributed by atoms with Crippen LogP contribution in [0.15, 0.2) is 24.3 Å². The molecule has 36 heavy (non-hydrogen) atoms. The summed E-state index contributed by atoms with van der Waals surface area (Å²) in [6, 6.07) is 7.92. The molecule has 1 aliphatic heterocycles. The Morgan fingerprint density at radius 3 is 2.69 bits per heavy atom. The molecule has 14 nitrogen and oxygen atoms in total. The second-order valence-corrected chi connectivity index (χ2v) is 13.3. The smallest absolute Gasteiger partial charge is 0.340 e. The van der Waals surface area contributed by atoms with Crippen LogP contribution in [-0.4, -0.2) is 82.9 Å². The fourth-order valence-corrected chi connectivity index (χ4v) is 7.99. The van der Waals surface area contributed by atoms with Crippen molar-refractivity contribution >= 4 is 46.0 Å².